The van der Waals surface area contributed by atoms with Gasteiger partial charge in [-0.05, 0) is 36.6 Å². The van der Waals surface area contributed by atoms with E-state index in [9.17, 15) is 0 Å². The molecule has 1 aliphatic rings. The van der Waals surface area contributed by atoms with Crippen LogP contribution in [0.5, 0.6) is 0 Å². The molecule has 1 heteroatoms. The highest BCUT2D eigenvalue weighted by atomic mass is 14.9. The van der Waals surface area contributed by atoms with Gasteiger partial charge in [0.15, 0.2) is 0 Å². The molecule has 0 unspecified atom stereocenters. The van der Waals surface area contributed by atoms with Crippen molar-refractivity contribution >= 4 is 0 Å². The monoisotopic (exact) mass is 237 g/mol. The zero-order chi connectivity index (χ0) is 12.4. The molecule has 92 valence electrons. The maximum absolute atomic E-state index is 3.64. The van der Waals surface area contributed by atoms with Gasteiger partial charge in [0.25, 0.3) is 0 Å². The first kappa shape index (κ1) is 11.5. The van der Waals surface area contributed by atoms with Crippen LogP contribution in [0.1, 0.15) is 29.5 Å². The molecule has 0 aromatic heterocycles. The number of hydrogen-bond donors (Lipinski definition) is 1. The Hall–Kier alpha value is -1.60. The summed E-state index contributed by atoms with van der Waals surface area (Å²) in [6.07, 6.45) is 1.13. The maximum atomic E-state index is 3.64. The van der Waals surface area contributed by atoms with Crippen LogP contribution in [0.25, 0.3) is 0 Å². The quantitative estimate of drug-likeness (QED) is 0.802. The average Bonchev–Trinajstić information content (AvgIpc) is 2.58. The predicted molar refractivity (Wildman–Crippen MR) is 75.9 cm³/mol. The summed E-state index contributed by atoms with van der Waals surface area (Å²) in [6.45, 7) is 3.36. The highest BCUT2D eigenvalue weighted by Crippen LogP contribution is 2.32. The second-order valence-electron chi connectivity index (χ2n) is 5.08. The first-order valence-corrected chi connectivity index (χ1v) is 6.72. The lowest BCUT2D eigenvalue weighted by atomic mass is 9.84. The van der Waals surface area contributed by atoms with Crippen molar-refractivity contribution in [3.63, 3.8) is 0 Å². The van der Waals surface area contributed by atoms with E-state index in [0.717, 1.165) is 13.0 Å². The third-order valence-corrected chi connectivity index (χ3v) is 3.91. The summed E-state index contributed by atoms with van der Waals surface area (Å²) in [5, 5.41) is 3.64. The number of benzene rings is 2. The van der Waals surface area contributed by atoms with Gasteiger partial charge in [-0.25, -0.2) is 0 Å². The Morgan fingerprint density at radius 1 is 0.944 bits per heavy atom. The maximum Gasteiger partial charge on any atom is 0.0243 e. The molecule has 0 radical (unpaired) electrons. The van der Waals surface area contributed by atoms with E-state index < -0.39 is 0 Å². The minimum absolute atomic E-state index is 0.463. The van der Waals surface area contributed by atoms with Crippen molar-refractivity contribution in [1.82, 2.24) is 5.32 Å². The number of nitrogens with one attached hydrogen (secondary N) is 1. The molecule has 2 aromatic rings. The standard InChI is InChI=1S/C17H19N/c1-13-17(15-8-3-2-4-9-15)16-10-6-5-7-14(16)11-12-18-13/h2-10,13,17-18H,11-12H2,1H3/t13-,17+/m0/s1. The molecule has 1 heterocycles. The molecular formula is C17H19N. The van der Waals surface area contributed by atoms with Gasteiger partial charge in [0.1, 0.15) is 0 Å². The van der Waals surface area contributed by atoms with E-state index in [0.29, 0.717) is 12.0 Å². The molecule has 3 rings (SSSR count). The van der Waals surface area contributed by atoms with Gasteiger partial charge in [-0.15, -0.1) is 0 Å². The van der Waals surface area contributed by atoms with E-state index in [1.165, 1.54) is 16.7 Å². The molecule has 1 nitrogen and oxygen atoms in total. The van der Waals surface area contributed by atoms with Crippen molar-refractivity contribution in [3.8, 4) is 0 Å². The highest BCUT2D eigenvalue weighted by Gasteiger charge is 2.25. The molecule has 0 aliphatic carbocycles. The third kappa shape index (κ3) is 2.06. The minimum atomic E-state index is 0.463. The lowest BCUT2D eigenvalue weighted by Crippen LogP contribution is -2.31. The zero-order valence-electron chi connectivity index (χ0n) is 10.8. The van der Waals surface area contributed by atoms with Gasteiger partial charge in [-0.1, -0.05) is 54.6 Å². The second kappa shape index (κ2) is 4.95. The minimum Gasteiger partial charge on any atom is -0.313 e. The summed E-state index contributed by atoms with van der Waals surface area (Å²) in [5.74, 6) is 0.463. The SMILES string of the molecule is C[C@@H]1NCCc2ccccc2[C@H]1c1ccccc1. The summed E-state index contributed by atoms with van der Waals surface area (Å²) in [6, 6.07) is 20.2. The molecule has 2 aromatic carbocycles. The second-order valence-corrected chi connectivity index (χ2v) is 5.08. The van der Waals surface area contributed by atoms with E-state index >= 15 is 0 Å². The predicted octanol–water partition coefficient (Wildman–Crippen LogP) is 3.35. The third-order valence-electron chi connectivity index (χ3n) is 3.91. The van der Waals surface area contributed by atoms with Crippen molar-refractivity contribution in [2.45, 2.75) is 25.3 Å². The molecular weight excluding hydrogens is 218 g/mol. The Kier molecular flexibility index (Phi) is 3.16. The molecule has 0 saturated carbocycles. The molecule has 0 saturated heterocycles. The molecule has 1 N–H and O–H groups in total. The Morgan fingerprint density at radius 3 is 2.50 bits per heavy atom. The highest BCUT2D eigenvalue weighted by molar-refractivity contribution is 5.40. The van der Waals surface area contributed by atoms with Crippen LogP contribution >= 0.6 is 0 Å². The average molecular weight is 237 g/mol. The first-order chi connectivity index (χ1) is 8.86. The number of fused-ring (bicyclic) bond motifs is 1. The summed E-state index contributed by atoms with van der Waals surface area (Å²) >= 11 is 0. The van der Waals surface area contributed by atoms with Crippen LogP contribution in [0.2, 0.25) is 0 Å². The van der Waals surface area contributed by atoms with E-state index in [1.807, 2.05) is 0 Å². The number of rotatable bonds is 1. The normalized spacial score (nSPS) is 23.2. The lowest BCUT2D eigenvalue weighted by molar-refractivity contribution is 0.521. The van der Waals surface area contributed by atoms with Crippen LogP contribution in [0.3, 0.4) is 0 Å². The van der Waals surface area contributed by atoms with Gasteiger partial charge in [-0.3, -0.25) is 0 Å². The molecule has 1 aliphatic heterocycles. The van der Waals surface area contributed by atoms with Gasteiger partial charge in [-0.2, -0.15) is 0 Å². The van der Waals surface area contributed by atoms with Gasteiger partial charge in [0.2, 0.25) is 0 Å². The smallest absolute Gasteiger partial charge is 0.0243 e. The Bertz CT molecular complexity index is 518. The lowest BCUT2D eigenvalue weighted by Gasteiger charge is -2.24. The van der Waals surface area contributed by atoms with Crippen molar-refractivity contribution in [1.29, 1.82) is 0 Å². The van der Waals surface area contributed by atoms with E-state index in [4.69, 9.17) is 0 Å². The fourth-order valence-electron chi connectivity index (χ4n) is 3.02. The molecule has 0 amide bonds. The van der Waals surface area contributed by atoms with Crippen LogP contribution in [-0.2, 0) is 6.42 Å². The van der Waals surface area contributed by atoms with E-state index in [2.05, 4.69) is 66.8 Å². The largest absolute Gasteiger partial charge is 0.313 e. The summed E-state index contributed by atoms with van der Waals surface area (Å²) in [4.78, 5) is 0. The van der Waals surface area contributed by atoms with Gasteiger partial charge in [0.05, 0.1) is 0 Å². The fraction of sp³-hybridized carbons (Fsp3) is 0.294. The van der Waals surface area contributed by atoms with Crippen LogP contribution in [0.4, 0.5) is 0 Å². The molecule has 0 spiro atoms. The topological polar surface area (TPSA) is 12.0 Å². The Morgan fingerprint density at radius 2 is 1.67 bits per heavy atom. The Balaban J connectivity index is 2.11. The zero-order valence-corrected chi connectivity index (χ0v) is 10.8. The summed E-state index contributed by atoms with van der Waals surface area (Å²) in [5.41, 5.74) is 4.39. The van der Waals surface area contributed by atoms with Crippen LogP contribution in [0.15, 0.2) is 54.6 Å². The number of hydrogen-bond acceptors (Lipinski definition) is 1. The van der Waals surface area contributed by atoms with E-state index in [-0.39, 0.29) is 0 Å². The van der Waals surface area contributed by atoms with Crippen LogP contribution < -0.4 is 5.32 Å². The van der Waals surface area contributed by atoms with Crippen molar-refractivity contribution in [2.24, 2.45) is 0 Å². The summed E-state index contributed by atoms with van der Waals surface area (Å²) in [7, 11) is 0. The van der Waals surface area contributed by atoms with Crippen molar-refractivity contribution < 1.29 is 0 Å². The summed E-state index contributed by atoms with van der Waals surface area (Å²) < 4.78 is 0. The molecule has 0 bridgehead atoms. The van der Waals surface area contributed by atoms with Crippen LogP contribution in [0, 0.1) is 0 Å². The molecule has 2 atom stereocenters. The van der Waals surface area contributed by atoms with E-state index in [1.54, 1.807) is 0 Å². The van der Waals surface area contributed by atoms with Gasteiger partial charge < -0.3 is 5.32 Å². The van der Waals surface area contributed by atoms with Crippen LogP contribution in [-0.4, -0.2) is 12.6 Å². The van der Waals surface area contributed by atoms with Gasteiger partial charge >= 0.3 is 0 Å². The van der Waals surface area contributed by atoms with Crippen molar-refractivity contribution in [3.05, 3.63) is 71.3 Å². The molecule has 18 heavy (non-hydrogen) atoms. The fourth-order valence-corrected chi connectivity index (χ4v) is 3.02. The van der Waals surface area contributed by atoms with Gasteiger partial charge in [0, 0.05) is 12.0 Å². The first-order valence-electron chi connectivity index (χ1n) is 6.72. The van der Waals surface area contributed by atoms with Crippen molar-refractivity contribution in [2.75, 3.05) is 6.54 Å². The Labute approximate surface area is 109 Å². The molecule has 0 fully saturated rings.